The maximum atomic E-state index is 13.0. The van der Waals surface area contributed by atoms with Crippen molar-refractivity contribution in [3.63, 3.8) is 0 Å². The highest BCUT2D eigenvalue weighted by atomic mass is 79.9. The second-order valence-corrected chi connectivity index (χ2v) is 7.56. The zero-order valence-corrected chi connectivity index (χ0v) is 13.8. The van der Waals surface area contributed by atoms with E-state index in [9.17, 15) is 13.2 Å². The lowest BCUT2D eigenvalue weighted by atomic mass is 10.00. The smallest absolute Gasteiger partial charge is 0.166 e. The molecule has 19 heavy (non-hydrogen) atoms. The maximum Gasteiger partial charge on any atom is 0.416 e. The topological polar surface area (TPSA) is 0 Å². The van der Waals surface area contributed by atoms with E-state index in [1.54, 1.807) is 6.07 Å². The molecule has 1 aromatic carbocycles. The Labute approximate surface area is 129 Å². The molecule has 0 aliphatic carbocycles. The second kappa shape index (κ2) is 5.58. The van der Waals surface area contributed by atoms with Gasteiger partial charge in [-0.25, -0.2) is 0 Å². The van der Waals surface area contributed by atoms with Crippen molar-refractivity contribution < 1.29 is 13.2 Å². The highest BCUT2D eigenvalue weighted by molar-refractivity contribution is 9.11. The van der Waals surface area contributed by atoms with Gasteiger partial charge in [0.2, 0.25) is 0 Å². The van der Waals surface area contributed by atoms with Crippen LogP contribution >= 0.6 is 43.2 Å². The third-order valence-electron chi connectivity index (χ3n) is 2.74. The van der Waals surface area contributed by atoms with Crippen LogP contribution in [0.25, 0.3) is 0 Å². The van der Waals surface area contributed by atoms with Crippen LogP contribution in [-0.2, 0) is 6.18 Å². The van der Waals surface area contributed by atoms with Gasteiger partial charge < -0.3 is 0 Å². The molecule has 1 unspecified atom stereocenters. The summed E-state index contributed by atoms with van der Waals surface area (Å²) in [6.07, 6.45) is -4.34. The summed E-state index contributed by atoms with van der Waals surface area (Å²) in [4.78, 5) is 0.526. The summed E-state index contributed by atoms with van der Waals surface area (Å²) in [6.45, 7) is 1.90. The molecule has 2 aromatic rings. The van der Waals surface area contributed by atoms with Crippen molar-refractivity contribution in [1.29, 1.82) is 0 Å². The molecule has 1 atom stereocenters. The van der Waals surface area contributed by atoms with Gasteiger partial charge in [-0.15, -0.1) is 11.3 Å². The van der Waals surface area contributed by atoms with E-state index in [-0.39, 0.29) is 5.56 Å². The fraction of sp³-hybridized carbons (Fsp3) is 0.231. The minimum atomic E-state index is -4.34. The number of benzene rings is 1. The van der Waals surface area contributed by atoms with Crippen molar-refractivity contribution in [3.8, 4) is 0 Å². The monoisotopic (exact) mass is 412 g/mol. The minimum Gasteiger partial charge on any atom is -0.166 e. The summed E-state index contributed by atoms with van der Waals surface area (Å²) in [5, 5.41) is 0. The first-order valence-electron chi connectivity index (χ1n) is 5.36. The molecular weight excluding hydrogens is 405 g/mol. The van der Waals surface area contributed by atoms with Crippen LogP contribution in [0.3, 0.4) is 0 Å². The van der Waals surface area contributed by atoms with Crippen molar-refractivity contribution in [2.45, 2.75) is 17.9 Å². The predicted octanol–water partition coefficient (Wildman–Crippen LogP) is 6.32. The van der Waals surface area contributed by atoms with Crippen LogP contribution < -0.4 is 0 Å². The Bertz CT molecular complexity index is 590. The first-order chi connectivity index (χ1) is 8.80. The molecule has 0 saturated carbocycles. The SMILES string of the molecule is Cc1sc(Br)cc1C(Br)c1ccccc1C(F)(F)F. The van der Waals surface area contributed by atoms with Gasteiger partial charge in [0.15, 0.2) is 0 Å². The Hall–Kier alpha value is -0.330. The molecule has 1 aromatic heterocycles. The van der Waals surface area contributed by atoms with E-state index in [4.69, 9.17) is 0 Å². The van der Waals surface area contributed by atoms with E-state index in [0.29, 0.717) is 0 Å². The molecular formula is C13H9Br2F3S. The van der Waals surface area contributed by atoms with E-state index in [1.165, 1.54) is 23.5 Å². The number of rotatable bonds is 2. The van der Waals surface area contributed by atoms with Crippen LogP contribution in [-0.4, -0.2) is 0 Å². The Morgan fingerprint density at radius 3 is 2.32 bits per heavy atom. The summed E-state index contributed by atoms with van der Waals surface area (Å²) in [5.41, 5.74) is 0.496. The molecule has 0 aliphatic rings. The lowest BCUT2D eigenvalue weighted by Crippen LogP contribution is -2.10. The predicted molar refractivity (Wildman–Crippen MR) is 79.0 cm³/mol. The number of thiophene rings is 1. The Morgan fingerprint density at radius 1 is 1.16 bits per heavy atom. The molecule has 102 valence electrons. The van der Waals surface area contributed by atoms with E-state index < -0.39 is 16.6 Å². The minimum absolute atomic E-state index is 0.239. The van der Waals surface area contributed by atoms with E-state index in [0.717, 1.165) is 20.3 Å². The lowest BCUT2D eigenvalue weighted by Gasteiger charge is -2.17. The summed E-state index contributed by atoms with van der Waals surface area (Å²) in [7, 11) is 0. The van der Waals surface area contributed by atoms with E-state index in [2.05, 4.69) is 31.9 Å². The number of aryl methyl sites for hydroxylation is 1. The van der Waals surface area contributed by atoms with Gasteiger partial charge in [-0.1, -0.05) is 34.1 Å². The highest BCUT2D eigenvalue weighted by Crippen LogP contribution is 2.43. The molecule has 0 spiro atoms. The van der Waals surface area contributed by atoms with E-state index >= 15 is 0 Å². The zero-order chi connectivity index (χ0) is 14.2. The molecule has 0 fully saturated rings. The van der Waals surface area contributed by atoms with E-state index in [1.807, 2.05) is 13.0 Å². The van der Waals surface area contributed by atoms with Crippen LogP contribution in [0.4, 0.5) is 13.2 Å². The molecule has 0 aliphatic heterocycles. The first kappa shape index (κ1) is 15.1. The largest absolute Gasteiger partial charge is 0.416 e. The molecule has 0 saturated heterocycles. The van der Waals surface area contributed by atoms with Gasteiger partial charge in [-0.2, -0.15) is 13.2 Å². The van der Waals surface area contributed by atoms with Gasteiger partial charge in [0.25, 0.3) is 0 Å². The highest BCUT2D eigenvalue weighted by Gasteiger charge is 2.35. The van der Waals surface area contributed by atoms with Crippen molar-refractivity contribution in [2.24, 2.45) is 0 Å². The van der Waals surface area contributed by atoms with Crippen molar-refractivity contribution in [1.82, 2.24) is 0 Å². The van der Waals surface area contributed by atoms with Crippen molar-refractivity contribution in [3.05, 3.63) is 55.7 Å². The number of hydrogen-bond donors (Lipinski definition) is 0. The fourth-order valence-corrected chi connectivity index (χ4v) is 4.63. The van der Waals surface area contributed by atoms with Crippen molar-refractivity contribution in [2.75, 3.05) is 0 Å². The Balaban J connectivity index is 2.50. The molecule has 2 rings (SSSR count). The molecule has 0 amide bonds. The number of hydrogen-bond acceptors (Lipinski definition) is 1. The fourth-order valence-electron chi connectivity index (χ4n) is 1.85. The van der Waals surface area contributed by atoms with Gasteiger partial charge in [0.05, 0.1) is 14.2 Å². The van der Waals surface area contributed by atoms with Crippen LogP contribution in [0, 0.1) is 6.92 Å². The number of halogens is 5. The zero-order valence-electron chi connectivity index (χ0n) is 9.76. The maximum absolute atomic E-state index is 13.0. The molecule has 0 nitrogen and oxygen atoms in total. The average molecular weight is 414 g/mol. The molecule has 1 heterocycles. The van der Waals surface area contributed by atoms with Crippen LogP contribution in [0.15, 0.2) is 34.1 Å². The van der Waals surface area contributed by atoms with Crippen molar-refractivity contribution >= 4 is 43.2 Å². The first-order valence-corrected chi connectivity index (χ1v) is 7.89. The summed E-state index contributed by atoms with van der Waals surface area (Å²) < 4.78 is 39.9. The third kappa shape index (κ3) is 3.23. The Morgan fingerprint density at radius 2 is 1.79 bits per heavy atom. The normalized spacial score (nSPS) is 13.6. The van der Waals surface area contributed by atoms with Gasteiger partial charge in [0, 0.05) is 4.88 Å². The molecule has 0 radical (unpaired) electrons. The quantitative estimate of drug-likeness (QED) is 0.505. The van der Waals surface area contributed by atoms with Gasteiger partial charge in [-0.05, 0) is 46.1 Å². The van der Waals surface area contributed by atoms with Crippen LogP contribution in [0.2, 0.25) is 0 Å². The average Bonchev–Trinajstić information content (AvgIpc) is 2.66. The van der Waals surface area contributed by atoms with Crippen LogP contribution in [0.5, 0.6) is 0 Å². The third-order valence-corrected chi connectivity index (χ3v) is 5.29. The second-order valence-electron chi connectivity index (χ2n) is 4.01. The van der Waals surface area contributed by atoms with Gasteiger partial charge in [-0.3, -0.25) is 0 Å². The van der Waals surface area contributed by atoms with Crippen LogP contribution in [0.1, 0.15) is 26.4 Å². The molecule has 0 N–H and O–H groups in total. The molecule has 0 bridgehead atoms. The lowest BCUT2D eigenvalue weighted by molar-refractivity contribution is -0.138. The standard InChI is InChI=1S/C13H9Br2F3S/c1-7-9(6-11(14)19-7)12(15)8-4-2-3-5-10(8)13(16,17)18/h2-6,12H,1H3. The number of alkyl halides is 4. The Kier molecular flexibility index (Phi) is 4.42. The summed E-state index contributed by atoms with van der Waals surface area (Å²) in [6, 6.07) is 7.50. The van der Waals surface area contributed by atoms with Gasteiger partial charge >= 0.3 is 6.18 Å². The van der Waals surface area contributed by atoms with Gasteiger partial charge in [0.1, 0.15) is 0 Å². The summed E-state index contributed by atoms with van der Waals surface area (Å²) >= 11 is 8.26. The summed E-state index contributed by atoms with van der Waals surface area (Å²) in [5.74, 6) is 0. The molecule has 6 heteroatoms.